The minimum Gasteiger partial charge on any atom is -0.508 e. The van der Waals surface area contributed by atoms with Crippen LogP contribution in [0.15, 0.2) is 29.3 Å². The van der Waals surface area contributed by atoms with Crippen LogP contribution in [0, 0.1) is 5.41 Å². The number of phenols is 1. The van der Waals surface area contributed by atoms with Gasteiger partial charge in [0, 0.05) is 6.21 Å². The molecule has 0 aromatic heterocycles. The van der Waals surface area contributed by atoms with Crippen molar-refractivity contribution in [3.05, 3.63) is 29.8 Å². The fourth-order valence-electron chi connectivity index (χ4n) is 0.854. The highest BCUT2D eigenvalue weighted by molar-refractivity contribution is 5.84. The molecule has 4 heteroatoms. The maximum Gasteiger partial charge on any atom is 0.116 e. The fraction of sp³-hybridized carbons (Fsp3) is 0.111. The van der Waals surface area contributed by atoms with Gasteiger partial charge >= 0.3 is 0 Å². The zero-order valence-electron chi connectivity index (χ0n) is 7.07. The van der Waals surface area contributed by atoms with Gasteiger partial charge in [-0.05, 0) is 17.7 Å². The molecule has 4 nitrogen and oxygen atoms in total. The van der Waals surface area contributed by atoms with Crippen LogP contribution in [-0.4, -0.2) is 23.7 Å². The van der Waals surface area contributed by atoms with E-state index in [9.17, 15) is 0 Å². The van der Waals surface area contributed by atoms with Crippen LogP contribution in [0.5, 0.6) is 5.75 Å². The van der Waals surface area contributed by atoms with Gasteiger partial charge < -0.3 is 10.8 Å². The summed E-state index contributed by atoms with van der Waals surface area (Å²) < 4.78 is 0. The first-order valence-electron chi connectivity index (χ1n) is 3.80. The molecule has 0 unspecified atom stereocenters. The van der Waals surface area contributed by atoms with Gasteiger partial charge in [-0.3, -0.25) is 10.4 Å². The molecule has 68 valence electrons. The van der Waals surface area contributed by atoms with Crippen LogP contribution in [0.3, 0.4) is 0 Å². The second-order valence-electron chi connectivity index (χ2n) is 2.59. The molecular formula is C9H11N3O. The Morgan fingerprint density at radius 1 is 1.62 bits per heavy atom. The second-order valence-corrected chi connectivity index (χ2v) is 2.59. The molecule has 0 heterocycles. The number of nitrogens with two attached hydrogens (primary N) is 1. The summed E-state index contributed by atoms with van der Waals surface area (Å²) in [6, 6.07) is 6.71. The van der Waals surface area contributed by atoms with Crippen molar-refractivity contribution in [1.29, 1.82) is 5.41 Å². The highest BCUT2D eigenvalue weighted by atomic mass is 16.3. The van der Waals surface area contributed by atoms with E-state index in [1.165, 1.54) is 0 Å². The Morgan fingerprint density at radius 2 is 2.38 bits per heavy atom. The molecule has 0 saturated heterocycles. The molecule has 1 aromatic rings. The zero-order chi connectivity index (χ0) is 9.68. The number of amidine groups is 1. The number of hydrogen-bond acceptors (Lipinski definition) is 3. The van der Waals surface area contributed by atoms with Crippen LogP contribution < -0.4 is 5.73 Å². The molecule has 0 spiro atoms. The lowest BCUT2D eigenvalue weighted by Crippen LogP contribution is -2.12. The third-order valence-corrected chi connectivity index (χ3v) is 1.37. The maximum atomic E-state index is 9.09. The first-order valence-corrected chi connectivity index (χ1v) is 3.80. The molecule has 0 aliphatic heterocycles. The molecule has 0 atom stereocenters. The highest BCUT2D eigenvalue weighted by Gasteiger charge is 1.89. The average Bonchev–Trinajstić information content (AvgIpc) is 2.03. The van der Waals surface area contributed by atoms with Gasteiger partial charge in [0.2, 0.25) is 0 Å². The quantitative estimate of drug-likeness (QED) is 0.470. The number of hydrogen-bond donors (Lipinski definition) is 3. The number of benzene rings is 1. The van der Waals surface area contributed by atoms with Crippen LogP contribution in [0.2, 0.25) is 0 Å². The molecule has 0 bridgehead atoms. The summed E-state index contributed by atoms with van der Waals surface area (Å²) in [6.07, 6.45) is 1.57. The molecule has 0 aliphatic carbocycles. The van der Waals surface area contributed by atoms with Crippen LogP contribution in [-0.2, 0) is 0 Å². The smallest absolute Gasteiger partial charge is 0.116 e. The van der Waals surface area contributed by atoms with E-state index in [2.05, 4.69) is 4.99 Å². The Labute approximate surface area is 76.2 Å². The Balaban J connectivity index is 2.63. The van der Waals surface area contributed by atoms with E-state index >= 15 is 0 Å². The lowest BCUT2D eigenvalue weighted by Gasteiger charge is -1.94. The third-order valence-electron chi connectivity index (χ3n) is 1.37. The monoisotopic (exact) mass is 177 g/mol. The van der Waals surface area contributed by atoms with Gasteiger partial charge in [-0.1, -0.05) is 12.1 Å². The number of phenolic OH excluding ortho intramolecular Hbond substituents is 1. The summed E-state index contributed by atoms with van der Waals surface area (Å²) in [5.74, 6) is 0.225. The largest absolute Gasteiger partial charge is 0.508 e. The van der Waals surface area contributed by atoms with Crippen molar-refractivity contribution in [2.45, 2.75) is 0 Å². The van der Waals surface area contributed by atoms with Gasteiger partial charge in [0.05, 0.1) is 6.54 Å². The zero-order valence-corrected chi connectivity index (χ0v) is 7.07. The summed E-state index contributed by atoms with van der Waals surface area (Å²) in [5, 5.41) is 16.0. The molecule has 1 rings (SSSR count). The molecule has 13 heavy (non-hydrogen) atoms. The molecule has 0 aliphatic rings. The van der Waals surface area contributed by atoms with Crippen molar-refractivity contribution in [3.8, 4) is 5.75 Å². The van der Waals surface area contributed by atoms with Gasteiger partial charge in [-0.25, -0.2) is 0 Å². The molecule has 0 amide bonds. The predicted octanol–water partition coefficient (Wildman–Crippen LogP) is 0.747. The average molecular weight is 177 g/mol. The van der Waals surface area contributed by atoms with Crippen molar-refractivity contribution in [1.82, 2.24) is 0 Å². The van der Waals surface area contributed by atoms with E-state index in [1.807, 2.05) is 6.07 Å². The molecule has 1 aromatic carbocycles. The topological polar surface area (TPSA) is 82.5 Å². The Kier molecular flexibility index (Phi) is 3.03. The third kappa shape index (κ3) is 3.37. The number of nitrogens with zero attached hydrogens (tertiary/aromatic N) is 1. The molecule has 0 saturated carbocycles. The van der Waals surface area contributed by atoms with Crippen molar-refractivity contribution in [2.75, 3.05) is 6.54 Å². The molecule has 4 N–H and O–H groups in total. The Hall–Kier alpha value is -1.84. The van der Waals surface area contributed by atoms with Gasteiger partial charge in [0.25, 0.3) is 0 Å². The lowest BCUT2D eigenvalue weighted by molar-refractivity contribution is 0.475. The first-order chi connectivity index (χ1) is 6.18. The van der Waals surface area contributed by atoms with E-state index in [0.717, 1.165) is 5.56 Å². The lowest BCUT2D eigenvalue weighted by atomic mass is 10.2. The Bertz CT molecular complexity index is 333. The van der Waals surface area contributed by atoms with Gasteiger partial charge in [-0.2, -0.15) is 0 Å². The summed E-state index contributed by atoms with van der Waals surface area (Å²) >= 11 is 0. The standard InChI is InChI=1S/C9H11N3O/c10-9(11)6-12-5-7-2-1-3-8(13)4-7/h1-5,13H,6H2,(H3,10,11). The van der Waals surface area contributed by atoms with Crippen molar-refractivity contribution >= 4 is 12.1 Å². The number of aliphatic imine (C=N–C) groups is 1. The number of nitrogens with one attached hydrogen (secondary N) is 1. The van der Waals surface area contributed by atoms with E-state index in [0.29, 0.717) is 0 Å². The summed E-state index contributed by atoms with van der Waals surface area (Å²) in [4.78, 5) is 3.90. The maximum absolute atomic E-state index is 9.09. The van der Waals surface area contributed by atoms with Crippen LogP contribution in [0.4, 0.5) is 0 Å². The number of aromatic hydroxyl groups is 1. The van der Waals surface area contributed by atoms with Crippen molar-refractivity contribution < 1.29 is 5.11 Å². The second kappa shape index (κ2) is 4.25. The van der Waals surface area contributed by atoms with E-state index in [1.54, 1.807) is 24.4 Å². The molecule has 0 fully saturated rings. The number of rotatable bonds is 3. The predicted molar refractivity (Wildman–Crippen MR) is 52.5 cm³/mol. The SMILES string of the molecule is N=C(N)CN=Cc1cccc(O)c1. The van der Waals surface area contributed by atoms with Crippen LogP contribution in [0.1, 0.15) is 5.56 Å². The van der Waals surface area contributed by atoms with Crippen LogP contribution in [0.25, 0.3) is 0 Å². The highest BCUT2D eigenvalue weighted by Crippen LogP contribution is 2.08. The van der Waals surface area contributed by atoms with Gasteiger partial charge in [0.1, 0.15) is 11.6 Å². The van der Waals surface area contributed by atoms with Crippen LogP contribution >= 0.6 is 0 Å². The molecule has 0 radical (unpaired) electrons. The summed E-state index contributed by atoms with van der Waals surface area (Å²) in [5.41, 5.74) is 5.90. The minimum absolute atomic E-state index is 0.0244. The van der Waals surface area contributed by atoms with E-state index in [-0.39, 0.29) is 18.1 Å². The van der Waals surface area contributed by atoms with Crippen molar-refractivity contribution in [3.63, 3.8) is 0 Å². The molecular weight excluding hydrogens is 166 g/mol. The van der Waals surface area contributed by atoms with Gasteiger partial charge in [0.15, 0.2) is 0 Å². The summed E-state index contributed by atoms with van der Waals surface area (Å²) in [6.45, 7) is 0.190. The Morgan fingerprint density at radius 3 is 3.00 bits per heavy atom. The first kappa shape index (κ1) is 9.25. The summed E-state index contributed by atoms with van der Waals surface area (Å²) in [7, 11) is 0. The van der Waals surface area contributed by atoms with Gasteiger partial charge in [-0.15, -0.1) is 0 Å². The van der Waals surface area contributed by atoms with Crippen molar-refractivity contribution in [2.24, 2.45) is 10.7 Å². The fourth-order valence-corrected chi connectivity index (χ4v) is 0.854. The van der Waals surface area contributed by atoms with E-state index in [4.69, 9.17) is 16.2 Å². The van der Waals surface area contributed by atoms with E-state index < -0.39 is 0 Å². The minimum atomic E-state index is 0.0244. The normalized spacial score (nSPS) is 10.5.